The van der Waals surface area contributed by atoms with Crippen LogP contribution in [-0.2, 0) is 4.74 Å². The SMILES string of the molecule is CC(=O)c1ccc(NC(=O)O[C@H]2CCSC2)cc1. The lowest BCUT2D eigenvalue weighted by Gasteiger charge is -2.11. The van der Waals surface area contributed by atoms with E-state index in [9.17, 15) is 9.59 Å². The van der Waals surface area contributed by atoms with Crippen LogP contribution in [0, 0.1) is 0 Å². The highest BCUT2D eigenvalue weighted by Gasteiger charge is 2.19. The molecule has 0 aromatic heterocycles. The molecule has 0 spiro atoms. The molecule has 1 aliphatic rings. The topological polar surface area (TPSA) is 55.4 Å². The van der Waals surface area contributed by atoms with E-state index >= 15 is 0 Å². The number of carbonyl (C=O) groups excluding carboxylic acids is 2. The molecule has 0 bridgehead atoms. The Bertz CT molecular complexity index is 438. The van der Waals surface area contributed by atoms with E-state index in [1.54, 1.807) is 36.0 Å². The van der Waals surface area contributed by atoms with E-state index in [-0.39, 0.29) is 11.9 Å². The molecule has 2 rings (SSSR count). The monoisotopic (exact) mass is 265 g/mol. The van der Waals surface area contributed by atoms with Gasteiger partial charge in [-0.3, -0.25) is 10.1 Å². The highest BCUT2D eigenvalue weighted by molar-refractivity contribution is 7.99. The first-order valence-corrected chi connectivity index (χ1v) is 6.97. The molecule has 0 unspecified atom stereocenters. The van der Waals surface area contributed by atoms with Crippen molar-refractivity contribution in [2.45, 2.75) is 19.4 Å². The molecular weight excluding hydrogens is 250 g/mol. The van der Waals surface area contributed by atoms with Crippen LogP contribution < -0.4 is 5.32 Å². The third kappa shape index (κ3) is 3.50. The van der Waals surface area contributed by atoms with Crippen LogP contribution in [0.15, 0.2) is 24.3 Å². The fourth-order valence-electron chi connectivity index (χ4n) is 1.69. The van der Waals surface area contributed by atoms with Crippen molar-refractivity contribution in [3.05, 3.63) is 29.8 Å². The van der Waals surface area contributed by atoms with Crippen LogP contribution in [0.5, 0.6) is 0 Å². The Morgan fingerprint density at radius 1 is 1.33 bits per heavy atom. The van der Waals surface area contributed by atoms with E-state index in [1.807, 2.05) is 0 Å². The van der Waals surface area contributed by atoms with Gasteiger partial charge >= 0.3 is 6.09 Å². The third-order valence-electron chi connectivity index (χ3n) is 2.70. The summed E-state index contributed by atoms with van der Waals surface area (Å²) in [7, 11) is 0. The van der Waals surface area contributed by atoms with Crippen LogP contribution in [0.25, 0.3) is 0 Å². The summed E-state index contributed by atoms with van der Waals surface area (Å²) < 4.78 is 5.26. The molecule has 1 aromatic carbocycles. The van der Waals surface area contributed by atoms with Crippen LogP contribution >= 0.6 is 11.8 Å². The van der Waals surface area contributed by atoms with Gasteiger partial charge < -0.3 is 4.74 Å². The van der Waals surface area contributed by atoms with Crippen LogP contribution in [0.2, 0.25) is 0 Å². The van der Waals surface area contributed by atoms with Gasteiger partial charge in [0.15, 0.2) is 5.78 Å². The molecule has 1 amide bonds. The highest BCUT2D eigenvalue weighted by atomic mass is 32.2. The summed E-state index contributed by atoms with van der Waals surface area (Å²) in [6.07, 6.45) is 0.506. The van der Waals surface area contributed by atoms with Gasteiger partial charge in [-0.2, -0.15) is 11.8 Å². The maximum absolute atomic E-state index is 11.6. The summed E-state index contributed by atoms with van der Waals surface area (Å²) in [6, 6.07) is 6.76. The molecule has 0 saturated carbocycles. The summed E-state index contributed by atoms with van der Waals surface area (Å²) in [6.45, 7) is 1.51. The van der Waals surface area contributed by atoms with E-state index in [0.717, 1.165) is 17.9 Å². The molecule has 0 aliphatic carbocycles. The minimum absolute atomic E-state index is 0.00658. The minimum atomic E-state index is -0.432. The summed E-state index contributed by atoms with van der Waals surface area (Å²) in [5.74, 6) is 1.93. The predicted octanol–water partition coefficient (Wildman–Crippen LogP) is 2.94. The van der Waals surface area contributed by atoms with Gasteiger partial charge in [-0.05, 0) is 43.4 Å². The molecule has 4 nitrogen and oxygen atoms in total. The minimum Gasteiger partial charge on any atom is -0.445 e. The van der Waals surface area contributed by atoms with Crippen molar-refractivity contribution >= 4 is 29.3 Å². The highest BCUT2D eigenvalue weighted by Crippen LogP contribution is 2.20. The number of Topliss-reactive ketones (excluding diaryl/α,β-unsaturated/α-hetero) is 1. The first kappa shape index (κ1) is 13.0. The predicted molar refractivity (Wildman–Crippen MR) is 72.3 cm³/mol. The second-order valence-electron chi connectivity index (χ2n) is 4.15. The average molecular weight is 265 g/mol. The number of ether oxygens (including phenoxy) is 1. The molecule has 5 heteroatoms. The zero-order valence-corrected chi connectivity index (χ0v) is 11.0. The van der Waals surface area contributed by atoms with Gasteiger partial charge in [0.25, 0.3) is 0 Å². The zero-order chi connectivity index (χ0) is 13.0. The van der Waals surface area contributed by atoms with Gasteiger partial charge in [-0.1, -0.05) is 0 Å². The fourth-order valence-corrected chi connectivity index (χ4v) is 2.79. The third-order valence-corrected chi connectivity index (χ3v) is 3.83. The standard InChI is InChI=1S/C13H15NO3S/c1-9(15)10-2-4-11(5-3-10)14-13(16)17-12-6-7-18-8-12/h2-5,12H,6-8H2,1H3,(H,14,16)/t12-/m0/s1. The Hall–Kier alpha value is -1.49. The van der Waals surface area contributed by atoms with E-state index in [1.165, 1.54) is 6.92 Å². The van der Waals surface area contributed by atoms with Gasteiger partial charge in [0.1, 0.15) is 6.10 Å². The summed E-state index contributed by atoms with van der Waals surface area (Å²) in [5, 5.41) is 2.65. The number of hydrogen-bond donors (Lipinski definition) is 1. The number of benzene rings is 1. The lowest BCUT2D eigenvalue weighted by molar-refractivity contribution is 0.101. The summed E-state index contributed by atoms with van der Waals surface area (Å²) in [5.41, 5.74) is 1.26. The van der Waals surface area contributed by atoms with Gasteiger partial charge in [-0.25, -0.2) is 4.79 Å². The number of ketones is 1. The maximum Gasteiger partial charge on any atom is 0.411 e. The normalized spacial score (nSPS) is 18.4. The lowest BCUT2D eigenvalue weighted by Crippen LogP contribution is -2.22. The Labute approximate surface area is 110 Å². The Balaban J connectivity index is 1.88. The van der Waals surface area contributed by atoms with Crippen molar-refractivity contribution in [3.8, 4) is 0 Å². The number of carbonyl (C=O) groups is 2. The Kier molecular flexibility index (Phi) is 4.25. The lowest BCUT2D eigenvalue weighted by atomic mass is 10.1. The number of nitrogens with one attached hydrogen (secondary N) is 1. The van der Waals surface area contributed by atoms with Crippen LogP contribution in [-0.4, -0.2) is 29.5 Å². The van der Waals surface area contributed by atoms with Gasteiger partial charge in [0.2, 0.25) is 0 Å². The number of amides is 1. The molecule has 0 radical (unpaired) electrons. The van der Waals surface area contributed by atoms with Crippen LogP contribution in [0.4, 0.5) is 10.5 Å². The number of thioether (sulfide) groups is 1. The Morgan fingerprint density at radius 3 is 2.61 bits per heavy atom. The van der Waals surface area contributed by atoms with Crippen molar-refractivity contribution in [2.75, 3.05) is 16.8 Å². The zero-order valence-electron chi connectivity index (χ0n) is 10.1. The van der Waals surface area contributed by atoms with Crippen LogP contribution in [0.3, 0.4) is 0 Å². The van der Waals surface area contributed by atoms with E-state index in [0.29, 0.717) is 11.3 Å². The van der Waals surface area contributed by atoms with E-state index in [2.05, 4.69) is 5.32 Å². The molecule has 1 atom stereocenters. The largest absolute Gasteiger partial charge is 0.445 e. The molecule has 1 saturated heterocycles. The second kappa shape index (κ2) is 5.91. The van der Waals surface area contributed by atoms with Gasteiger partial charge in [0.05, 0.1) is 0 Å². The number of hydrogen-bond acceptors (Lipinski definition) is 4. The van der Waals surface area contributed by atoms with E-state index in [4.69, 9.17) is 4.74 Å². The number of anilines is 1. The van der Waals surface area contributed by atoms with Gasteiger partial charge in [0, 0.05) is 17.0 Å². The number of rotatable bonds is 3. The molecule has 1 aliphatic heterocycles. The average Bonchev–Trinajstić information content (AvgIpc) is 2.82. The molecule has 18 heavy (non-hydrogen) atoms. The summed E-state index contributed by atoms with van der Waals surface area (Å²) >= 11 is 1.79. The molecule has 1 fully saturated rings. The van der Waals surface area contributed by atoms with Crippen molar-refractivity contribution in [1.82, 2.24) is 0 Å². The smallest absolute Gasteiger partial charge is 0.411 e. The van der Waals surface area contributed by atoms with E-state index < -0.39 is 6.09 Å². The fraction of sp³-hybridized carbons (Fsp3) is 0.385. The van der Waals surface area contributed by atoms with Crippen molar-refractivity contribution in [1.29, 1.82) is 0 Å². The van der Waals surface area contributed by atoms with Crippen molar-refractivity contribution in [2.24, 2.45) is 0 Å². The van der Waals surface area contributed by atoms with Crippen molar-refractivity contribution < 1.29 is 14.3 Å². The Morgan fingerprint density at radius 2 is 2.06 bits per heavy atom. The van der Waals surface area contributed by atoms with Crippen molar-refractivity contribution in [3.63, 3.8) is 0 Å². The molecule has 96 valence electrons. The molecule has 1 aromatic rings. The first-order chi connectivity index (χ1) is 8.65. The molecular formula is C13H15NO3S. The molecule has 1 N–H and O–H groups in total. The summed E-state index contributed by atoms with van der Waals surface area (Å²) in [4.78, 5) is 22.7. The van der Waals surface area contributed by atoms with Gasteiger partial charge in [-0.15, -0.1) is 0 Å². The first-order valence-electron chi connectivity index (χ1n) is 5.81. The maximum atomic E-state index is 11.6. The quantitative estimate of drug-likeness (QED) is 0.854. The molecule has 1 heterocycles. The second-order valence-corrected chi connectivity index (χ2v) is 5.30. The van der Waals surface area contributed by atoms with Crippen LogP contribution in [0.1, 0.15) is 23.7 Å².